The van der Waals surface area contributed by atoms with Crippen LogP contribution >= 0.6 is 0 Å². The molecule has 0 radical (unpaired) electrons. The Morgan fingerprint density at radius 2 is 1.96 bits per heavy atom. The first-order valence-electron chi connectivity index (χ1n) is 9.54. The number of aryl methyl sites for hydroxylation is 1. The highest BCUT2D eigenvalue weighted by Crippen LogP contribution is 2.66. The number of fused-ring (bicyclic) bond motifs is 6. The summed E-state index contributed by atoms with van der Waals surface area (Å²) in [6, 6.07) is 6.70. The quantitative estimate of drug-likeness (QED) is 0.664. The van der Waals surface area contributed by atoms with Crippen molar-refractivity contribution >= 4 is 0 Å². The predicted molar refractivity (Wildman–Crippen MR) is 93.6 cm³/mol. The lowest BCUT2D eigenvalue weighted by Gasteiger charge is -2.52. The van der Waals surface area contributed by atoms with Gasteiger partial charge in [-0.1, -0.05) is 18.9 Å². The predicted octanol–water partition coefficient (Wildman–Crippen LogP) is 4.27. The van der Waals surface area contributed by atoms with Crippen LogP contribution in [0.3, 0.4) is 0 Å². The second-order valence-corrected chi connectivity index (χ2v) is 8.42. The molecule has 3 fully saturated rings. The van der Waals surface area contributed by atoms with Crippen LogP contribution in [0, 0.1) is 29.6 Å². The first-order valence-corrected chi connectivity index (χ1v) is 9.54. The lowest BCUT2D eigenvalue weighted by atomic mass is 9.55. The Hall–Kier alpha value is -1.30. The zero-order chi connectivity index (χ0) is 16.4. The highest BCUT2D eigenvalue weighted by molar-refractivity contribution is 5.43. The van der Waals surface area contributed by atoms with Crippen LogP contribution in [0.5, 0.6) is 0 Å². The fraction of sp³-hybridized carbons (Fsp3) is 0.636. The minimum Gasteiger partial charge on any atom is -0.347 e. The third kappa shape index (κ3) is 1.81. The molecule has 1 aromatic rings. The van der Waals surface area contributed by atoms with Gasteiger partial charge in [0.2, 0.25) is 0 Å². The van der Waals surface area contributed by atoms with Crippen LogP contribution < -0.4 is 0 Å². The first kappa shape index (κ1) is 15.0. The van der Waals surface area contributed by atoms with Crippen molar-refractivity contribution in [2.75, 3.05) is 13.2 Å². The largest absolute Gasteiger partial charge is 0.347 e. The van der Waals surface area contributed by atoms with Crippen LogP contribution in [0.1, 0.15) is 61.6 Å². The molecule has 0 aromatic heterocycles. The van der Waals surface area contributed by atoms with Gasteiger partial charge in [0.05, 0.1) is 13.2 Å². The number of hydrogen-bond donors (Lipinski definition) is 0. The second-order valence-electron chi connectivity index (χ2n) is 8.42. The normalized spacial score (nSPS) is 39.1. The van der Waals surface area contributed by atoms with Gasteiger partial charge >= 0.3 is 0 Å². The summed E-state index contributed by atoms with van der Waals surface area (Å²) < 4.78 is 12.4. The highest BCUT2D eigenvalue weighted by atomic mass is 16.7. The van der Waals surface area contributed by atoms with Gasteiger partial charge in [0.25, 0.3) is 0 Å². The molecule has 1 spiro atoms. The summed E-state index contributed by atoms with van der Waals surface area (Å²) in [5.74, 6) is 4.72. The van der Waals surface area contributed by atoms with E-state index in [1.54, 1.807) is 5.56 Å². The summed E-state index contributed by atoms with van der Waals surface area (Å²) in [5.41, 5.74) is 4.29. The Labute approximate surface area is 144 Å². The second kappa shape index (κ2) is 5.10. The van der Waals surface area contributed by atoms with Gasteiger partial charge in [0.15, 0.2) is 5.79 Å². The van der Waals surface area contributed by atoms with Crippen LogP contribution in [-0.2, 0) is 15.9 Å². The lowest BCUT2D eigenvalue weighted by Crippen LogP contribution is -2.51. The van der Waals surface area contributed by atoms with Crippen molar-refractivity contribution in [1.82, 2.24) is 0 Å². The van der Waals surface area contributed by atoms with E-state index in [4.69, 9.17) is 15.9 Å². The van der Waals surface area contributed by atoms with E-state index in [2.05, 4.69) is 31.0 Å². The zero-order valence-electron chi connectivity index (χ0n) is 14.5. The number of benzene rings is 1. The number of ether oxygens (including phenoxy) is 2. The summed E-state index contributed by atoms with van der Waals surface area (Å²) in [4.78, 5) is 0. The Balaban J connectivity index is 1.50. The van der Waals surface area contributed by atoms with Crippen LogP contribution in [0.15, 0.2) is 18.2 Å². The van der Waals surface area contributed by atoms with Crippen molar-refractivity contribution < 1.29 is 9.47 Å². The first-order chi connectivity index (χ1) is 11.7. The van der Waals surface area contributed by atoms with E-state index in [1.807, 2.05) is 0 Å². The van der Waals surface area contributed by atoms with Gasteiger partial charge in [0, 0.05) is 17.4 Å². The van der Waals surface area contributed by atoms with Gasteiger partial charge in [-0.05, 0) is 73.1 Å². The summed E-state index contributed by atoms with van der Waals surface area (Å²) in [6.07, 6.45) is 12.9. The molecule has 3 aliphatic carbocycles. The maximum atomic E-state index is 6.21. The molecular formula is C22H26O2. The summed E-state index contributed by atoms with van der Waals surface area (Å²) >= 11 is 0. The molecule has 126 valence electrons. The number of hydrogen-bond acceptors (Lipinski definition) is 2. The summed E-state index contributed by atoms with van der Waals surface area (Å²) in [6.45, 7) is 3.99. The van der Waals surface area contributed by atoms with Gasteiger partial charge in [-0.15, -0.1) is 6.42 Å². The van der Waals surface area contributed by atoms with Crippen LogP contribution in [0.4, 0.5) is 0 Å². The molecule has 2 saturated carbocycles. The van der Waals surface area contributed by atoms with Crippen LogP contribution in [0.2, 0.25) is 0 Å². The standard InChI is InChI=1S/C22H26O2/c1-3-15-4-6-17-16(14-15)5-7-19-18(17)8-10-21(2)20(19)9-11-22(21)23-12-13-24-22/h1,4,6,14,18-20H,5,7-13H2,2H3/t18-,19-,20+,21+/m1/s1. The molecule has 24 heavy (non-hydrogen) atoms. The summed E-state index contributed by atoms with van der Waals surface area (Å²) in [5, 5.41) is 0. The third-order valence-electron chi connectivity index (χ3n) is 7.69. The topological polar surface area (TPSA) is 18.5 Å². The smallest absolute Gasteiger partial charge is 0.174 e. The van der Waals surface area contributed by atoms with Gasteiger partial charge in [-0.25, -0.2) is 0 Å². The van der Waals surface area contributed by atoms with E-state index < -0.39 is 0 Å². The monoisotopic (exact) mass is 322 g/mol. The lowest BCUT2D eigenvalue weighted by molar-refractivity contribution is -0.237. The molecule has 0 amide bonds. The molecule has 5 rings (SSSR count). The van der Waals surface area contributed by atoms with Crippen molar-refractivity contribution in [3.63, 3.8) is 0 Å². The molecule has 4 atom stereocenters. The molecule has 1 saturated heterocycles. The number of terminal acetylenes is 1. The van der Waals surface area contributed by atoms with Crippen LogP contribution in [-0.4, -0.2) is 19.0 Å². The Bertz CT molecular complexity index is 709. The van der Waals surface area contributed by atoms with E-state index in [-0.39, 0.29) is 11.2 Å². The zero-order valence-corrected chi connectivity index (χ0v) is 14.5. The average Bonchev–Trinajstić information content (AvgIpc) is 3.21. The van der Waals surface area contributed by atoms with E-state index in [9.17, 15) is 0 Å². The third-order valence-corrected chi connectivity index (χ3v) is 7.69. The fourth-order valence-corrected chi connectivity index (χ4v) is 6.56. The fourth-order valence-electron chi connectivity index (χ4n) is 6.56. The molecule has 0 N–H and O–H groups in total. The van der Waals surface area contributed by atoms with E-state index in [0.29, 0.717) is 5.92 Å². The molecule has 1 aliphatic heterocycles. The molecule has 1 aromatic carbocycles. The summed E-state index contributed by atoms with van der Waals surface area (Å²) in [7, 11) is 0. The van der Waals surface area contributed by atoms with Gasteiger partial charge < -0.3 is 9.47 Å². The molecule has 0 unspecified atom stereocenters. The minimum absolute atomic E-state index is 0.195. The maximum Gasteiger partial charge on any atom is 0.174 e. The minimum atomic E-state index is -0.282. The van der Waals surface area contributed by atoms with Crippen LogP contribution in [0.25, 0.3) is 0 Å². The van der Waals surface area contributed by atoms with Crippen molar-refractivity contribution in [2.45, 2.75) is 57.2 Å². The van der Waals surface area contributed by atoms with E-state index in [1.165, 1.54) is 37.7 Å². The van der Waals surface area contributed by atoms with Crippen molar-refractivity contribution in [1.29, 1.82) is 0 Å². The van der Waals surface area contributed by atoms with Crippen molar-refractivity contribution in [2.24, 2.45) is 17.3 Å². The Morgan fingerprint density at radius 1 is 1.12 bits per heavy atom. The highest BCUT2D eigenvalue weighted by Gasteiger charge is 2.64. The maximum absolute atomic E-state index is 6.21. The van der Waals surface area contributed by atoms with Gasteiger partial charge in [-0.3, -0.25) is 0 Å². The van der Waals surface area contributed by atoms with Crippen molar-refractivity contribution in [3.8, 4) is 12.3 Å². The van der Waals surface area contributed by atoms with E-state index >= 15 is 0 Å². The van der Waals surface area contributed by atoms with Gasteiger partial charge in [-0.2, -0.15) is 0 Å². The van der Waals surface area contributed by atoms with Crippen molar-refractivity contribution in [3.05, 3.63) is 34.9 Å². The molecule has 4 aliphatic rings. The molecule has 0 bridgehead atoms. The molecule has 2 nitrogen and oxygen atoms in total. The SMILES string of the molecule is C#Cc1ccc2c(c1)CC[C@@H]1[C@@H]2CC[C@@]2(C)[C@H]1CCC21OCCO1. The molecule has 2 heteroatoms. The Kier molecular flexibility index (Phi) is 3.19. The van der Waals surface area contributed by atoms with Gasteiger partial charge in [0.1, 0.15) is 0 Å². The van der Waals surface area contributed by atoms with E-state index in [0.717, 1.165) is 37.0 Å². The molecular weight excluding hydrogens is 296 g/mol. The number of rotatable bonds is 0. The average molecular weight is 322 g/mol. The Morgan fingerprint density at radius 3 is 2.75 bits per heavy atom. The molecule has 1 heterocycles.